The van der Waals surface area contributed by atoms with Crippen LogP contribution in [0.5, 0.6) is 0 Å². The van der Waals surface area contributed by atoms with Gasteiger partial charge in [0.25, 0.3) is 0 Å². The van der Waals surface area contributed by atoms with Crippen LogP contribution >= 0.6 is 11.3 Å². The van der Waals surface area contributed by atoms with Gasteiger partial charge in [-0.05, 0) is 53.6 Å². The van der Waals surface area contributed by atoms with Gasteiger partial charge in [0.2, 0.25) is 5.91 Å². The van der Waals surface area contributed by atoms with Gasteiger partial charge in [-0.2, -0.15) is 0 Å². The van der Waals surface area contributed by atoms with Crippen LogP contribution in [0, 0.1) is 5.82 Å². The van der Waals surface area contributed by atoms with Crippen molar-refractivity contribution < 1.29 is 9.18 Å². The standard InChI is InChI=1S/C28H29FN2OS/c29-21-14-12-20(13-15-21)18-31-19-25(23-9-4-5-10-26(23)31)24(27-11-6-16-33-27)17-28(32)30-22-7-2-1-3-8-22/h4-6,9-16,19,22,24H,1-3,7-8,17-18H2,(H,30,32)/t24-/m0/s1. The summed E-state index contributed by atoms with van der Waals surface area (Å²) in [4.78, 5) is 14.3. The van der Waals surface area contributed by atoms with Crippen molar-refractivity contribution in [1.82, 2.24) is 9.88 Å². The van der Waals surface area contributed by atoms with E-state index in [0.717, 1.165) is 23.9 Å². The molecule has 0 spiro atoms. The van der Waals surface area contributed by atoms with Crippen molar-refractivity contribution >= 4 is 28.1 Å². The molecule has 33 heavy (non-hydrogen) atoms. The maximum atomic E-state index is 13.4. The molecule has 2 aromatic heterocycles. The number of carbonyl (C=O) groups is 1. The largest absolute Gasteiger partial charge is 0.353 e. The summed E-state index contributed by atoms with van der Waals surface area (Å²) < 4.78 is 15.6. The smallest absolute Gasteiger partial charge is 0.221 e. The number of halogens is 1. The second kappa shape index (κ2) is 9.92. The molecule has 0 saturated heterocycles. The molecule has 0 radical (unpaired) electrons. The number of carbonyl (C=O) groups excluding carboxylic acids is 1. The normalized spacial score (nSPS) is 15.5. The van der Waals surface area contributed by atoms with Crippen LogP contribution in [-0.2, 0) is 11.3 Å². The fraction of sp³-hybridized carbons (Fsp3) is 0.321. The van der Waals surface area contributed by atoms with Crippen LogP contribution in [0.2, 0.25) is 0 Å². The molecule has 1 saturated carbocycles. The first-order chi connectivity index (χ1) is 16.2. The molecule has 4 aromatic rings. The van der Waals surface area contributed by atoms with Gasteiger partial charge in [-0.15, -0.1) is 11.3 Å². The van der Waals surface area contributed by atoms with Crippen molar-refractivity contribution in [3.8, 4) is 0 Å². The summed E-state index contributed by atoms with van der Waals surface area (Å²) in [6, 6.07) is 19.6. The lowest BCUT2D eigenvalue weighted by Gasteiger charge is -2.24. The van der Waals surface area contributed by atoms with Crippen molar-refractivity contribution in [3.05, 3.63) is 94.1 Å². The van der Waals surface area contributed by atoms with E-state index in [0.29, 0.717) is 19.0 Å². The van der Waals surface area contributed by atoms with Crippen LogP contribution in [0.1, 0.15) is 60.4 Å². The molecule has 1 fully saturated rings. The zero-order chi connectivity index (χ0) is 22.6. The number of rotatable bonds is 7. The molecule has 2 heterocycles. The molecule has 0 unspecified atom stereocenters. The predicted molar refractivity (Wildman–Crippen MR) is 133 cm³/mol. The van der Waals surface area contributed by atoms with Crippen molar-refractivity contribution in [2.45, 2.75) is 57.0 Å². The Hall–Kier alpha value is -2.92. The van der Waals surface area contributed by atoms with Crippen molar-refractivity contribution in [1.29, 1.82) is 0 Å². The lowest BCUT2D eigenvalue weighted by molar-refractivity contribution is -0.122. The number of nitrogens with zero attached hydrogens (tertiary/aromatic N) is 1. The van der Waals surface area contributed by atoms with Gasteiger partial charge in [0.15, 0.2) is 0 Å². The highest BCUT2D eigenvalue weighted by Gasteiger charge is 2.25. The maximum Gasteiger partial charge on any atom is 0.221 e. The maximum absolute atomic E-state index is 13.4. The Kier molecular flexibility index (Phi) is 6.58. The van der Waals surface area contributed by atoms with Gasteiger partial charge in [0.05, 0.1) is 0 Å². The van der Waals surface area contributed by atoms with E-state index in [1.165, 1.54) is 47.2 Å². The monoisotopic (exact) mass is 460 g/mol. The van der Waals surface area contributed by atoms with E-state index in [1.54, 1.807) is 11.3 Å². The number of nitrogens with one attached hydrogen (secondary N) is 1. The summed E-state index contributed by atoms with van der Waals surface area (Å²) in [6.45, 7) is 0.659. The molecule has 1 atom stereocenters. The zero-order valence-electron chi connectivity index (χ0n) is 18.7. The minimum absolute atomic E-state index is 0.00737. The third-order valence-electron chi connectivity index (χ3n) is 6.71. The minimum Gasteiger partial charge on any atom is -0.353 e. The average molecular weight is 461 g/mol. The molecular formula is C28H29FN2OS. The van der Waals surface area contributed by atoms with Crippen molar-refractivity contribution in [3.63, 3.8) is 0 Å². The summed E-state index contributed by atoms with van der Waals surface area (Å²) in [5.41, 5.74) is 3.35. The van der Waals surface area contributed by atoms with E-state index in [9.17, 15) is 9.18 Å². The number of aromatic nitrogens is 1. The van der Waals surface area contributed by atoms with Crippen LogP contribution in [0.4, 0.5) is 4.39 Å². The zero-order valence-corrected chi connectivity index (χ0v) is 19.5. The predicted octanol–water partition coefficient (Wildman–Crippen LogP) is 6.86. The highest BCUT2D eigenvalue weighted by molar-refractivity contribution is 7.10. The molecule has 0 bridgehead atoms. The summed E-state index contributed by atoms with van der Waals surface area (Å²) in [6.07, 6.45) is 8.50. The van der Waals surface area contributed by atoms with Gasteiger partial charge in [0.1, 0.15) is 5.82 Å². The Morgan fingerprint density at radius 1 is 1.03 bits per heavy atom. The summed E-state index contributed by atoms with van der Waals surface area (Å²) >= 11 is 1.71. The molecule has 5 rings (SSSR count). The van der Waals surface area contributed by atoms with Crippen LogP contribution in [-0.4, -0.2) is 16.5 Å². The third kappa shape index (κ3) is 5.03. The number of hydrogen-bond donors (Lipinski definition) is 1. The Morgan fingerprint density at radius 2 is 1.82 bits per heavy atom. The van der Waals surface area contributed by atoms with Gasteiger partial charge >= 0.3 is 0 Å². The SMILES string of the molecule is O=C(C[C@H](c1cccs1)c1cn(Cc2ccc(F)cc2)c2ccccc12)NC1CCCCC1. The number of amides is 1. The summed E-state index contributed by atoms with van der Waals surface area (Å²) in [5, 5.41) is 6.56. The summed E-state index contributed by atoms with van der Waals surface area (Å²) in [5.74, 6) is -0.0813. The fourth-order valence-corrected chi connectivity index (χ4v) is 5.89. The Morgan fingerprint density at radius 3 is 2.58 bits per heavy atom. The Labute approximate surface area is 198 Å². The summed E-state index contributed by atoms with van der Waals surface area (Å²) in [7, 11) is 0. The molecule has 1 aliphatic carbocycles. The fourth-order valence-electron chi connectivity index (χ4n) is 5.04. The molecule has 5 heteroatoms. The Bertz CT molecular complexity index is 1210. The van der Waals surface area contributed by atoms with Gasteiger partial charge in [-0.3, -0.25) is 4.79 Å². The first-order valence-corrected chi connectivity index (χ1v) is 12.7. The topological polar surface area (TPSA) is 34.0 Å². The van der Waals surface area contributed by atoms with E-state index in [2.05, 4.69) is 51.8 Å². The molecule has 1 N–H and O–H groups in total. The highest BCUT2D eigenvalue weighted by Crippen LogP contribution is 2.37. The van der Waals surface area contributed by atoms with Gasteiger partial charge in [0, 0.05) is 46.9 Å². The van der Waals surface area contributed by atoms with Gasteiger partial charge in [-0.25, -0.2) is 4.39 Å². The molecule has 2 aromatic carbocycles. The quantitative estimate of drug-likeness (QED) is 0.321. The van der Waals surface area contributed by atoms with E-state index < -0.39 is 0 Å². The molecule has 1 aliphatic rings. The van der Waals surface area contributed by atoms with Crippen LogP contribution in [0.3, 0.4) is 0 Å². The minimum atomic E-state index is -0.224. The van der Waals surface area contributed by atoms with Crippen molar-refractivity contribution in [2.24, 2.45) is 0 Å². The van der Waals surface area contributed by atoms with E-state index in [-0.39, 0.29) is 17.6 Å². The number of fused-ring (bicyclic) bond motifs is 1. The van der Waals surface area contributed by atoms with E-state index in [1.807, 2.05) is 18.2 Å². The van der Waals surface area contributed by atoms with E-state index in [4.69, 9.17) is 0 Å². The number of para-hydroxylation sites is 1. The van der Waals surface area contributed by atoms with Crippen molar-refractivity contribution in [2.75, 3.05) is 0 Å². The van der Waals surface area contributed by atoms with Gasteiger partial charge in [-0.1, -0.05) is 55.7 Å². The second-order valence-electron chi connectivity index (χ2n) is 9.03. The lowest BCUT2D eigenvalue weighted by Crippen LogP contribution is -2.36. The molecule has 170 valence electrons. The molecule has 0 aliphatic heterocycles. The number of hydrogen-bond acceptors (Lipinski definition) is 2. The van der Waals surface area contributed by atoms with Crippen LogP contribution in [0.15, 0.2) is 72.2 Å². The molecular weight excluding hydrogens is 431 g/mol. The Balaban J connectivity index is 1.47. The molecule has 3 nitrogen and oxygen atoms in total. The first kappa shape index (κ1) is 21.9. The molecule has 1 amide bonds. The first-order valence-electron chi connectivity index (χ1n) is 11.8. The number of thiophene rings is 1. The third-order valence-corrected chi connectivity index (χ3v) is 7.69. The van der Waals surface area contributed by atoms with Crippen LogP contribution in [0.25, 0.3) is 10.9 Å². The average Bonchev–Trinajstić information content (AvgIpc) is 3.49. The van der Waals surface area contributed by atoms with Gasteiger partial charge < -0.3 is 9.88 Å². The lowest BCUT2D eigenvalue weighted by atomic mass is 9.92. The van der Waals surface area contributed by atoms with E-state index >= 15 is 0 Å². The van der Waals surface area contributed by atoms with Crippen LogP contribution < -0.4 is 5.32 Å². The number of benzene rings is 2. The highest BCUT2D eigenvalue weighted by atomic mass is 32.1. The second-order valence-corrected chi connectivity index (χ2v) is 10.0.